The molecule has 0 bridgehead atoms. The zero-order chi connectivity index (χ0) is 15.9. The van der Waals surface area contributed by atoms with Gasteiger partial charge < -0.3 is 5.11 Å². The predicted molar refractivity (Wildman–Crippen MR) is 91.7 cm³/mol. The van der Waals surface area contributed by atoms with Crippen LogP contribution in [0.4, 0.5) is 0 Å². The number of carbonyl (C=O) groups excluding carboxylic acids is 1. The second kappa shape index (κ2) is 5.79. The van der Waals surface area contributed by atoms with Gasteiger partial charge >= 0.3 is 5.97 Å². The molecule has 1 aliphatic heterocycles. The summed E-state index contributed by atoms with van der Waals surface area (Å²) in [7, 11) is 0. The molecule has 2 heterocycles. The summed E-state index contributed by atoms with van der Waals surface area (Å²) in [5.41, 5.74) is 0.869. The minimum atomic E-state index is -1.09. The average molecular weight is 350 g/mol. The Bertz CT molecular complexity index is 795. The third-order valence-electron chi connectivity index (χ3n) is 3.13. The van der Waals surface area contributed by atoms with E-state index in [1.165, 1.54) is 18.3 Å². The first kappa shape index (κ1) is 15.1. The number of para-hydroxylation sites is 1. The fraction of sp³-hybridized carbons (Fsp3) is 0.143. The van der Waals surface area contributed by atoms with Gasteiger partial charge in [-0.25, -0.2) is 9.78 Å². The lowest BCUT2D eigenvalue weighted by atomic mass is 10.3. The van der Waals surface area contributed by atoms with Crippen molar-refractivity contribution in [2.45, 2.75) is 13.0 Å². The Labute approximate surface area is 139 Å². The molecule has 1 aliphatic rings. The Kier molecular flexibility index (Phi) is 3.98. The van der Waals surface area contributed by atoms with Gasteiger partial charge in [0, 0.05) is 0 Å². The number of hydrogen-bond acceptors (Lipinski definition) is 6. The summed E-state index contributed by atoms with van der Waals surface area (Å²) >= 11 is 7.69. The molecule has 0 radical (unpaired) electrons. The molecule has 2 aromatic rings. The molecular weight excluding hydrogens is 340 g/mol. The average Bonchev–Trinajstić information content (AvgIpc) is 2.99. The number of thioether (sulfide) groups is 1. The molecule has 1 unspecified atom stereocenters. The smallest absolute Gasteiger partial charge is 0.326 e. The SMILES string of the molecule is CC(C(=O)O)N1C(=O)/C(=C/c2nc3ccccc3s2)SC1=S. The maximum atomic E-state index is 12.3. The first-order valence-electron chi connectivity index (χ1n) is 6.33. The number of rotatable bonds is 3. The minimum absolute atomic E-state index is 0.257. The quantitative estimate of drug-likeness (QED) is 0.678. The van der Waals surface area contributed by atoms with Gasteiger partial charge in [-0.3, -0.25) is 9.69 Å². The molecule has 8 heteroatoms. The molecule has 0 aliphatic carbocycles. The number of carboxylic acid groups (broad SMARTS) is 1. The van der Waals surface area contributed by atoms with Crippen molar-refractivity contribution >= 4 is 67.8 Å². The Morgan fingerprint density at radius 3 is 2.86 bits per heavy atom. The van der Waals surface area contributed by atoms with Crippen molar-refractivity contribution < 1.29 is 14.7 Å². The van der Waals surface area contributed by atoms with Crippen LogP contribution in [0, 0.1) is 0 Å². The Hall–Kier alpha value is -1.77. The Morgan fingerprint density at radius 2 is 2.18 bits per heavy atom. The van der Waals surface area contributed by atoms with E-state index in [-0.39, 0.29) is 10.2 Å². The largest absolute Gasteiger partial charge is 0.480 e. The number of nitrogens with zero attached hydrogens (tertiary/aromatic N) is 2. The van der Waals surface area contributed by atoms with Gasteiger partial charge in [-0.1, -0.05) is 36.1 Å². The molecule has 1 fully saturated rings. The molecular formula is C14H10N2O3S3. The van der Waals surface area contributed by atoms with Crippen molar-refractivity contribution in [2.75, 3.05) is 0 Å². The summed E-state index contributed by atoms with van der Waals surface area (Å²) in [5, 5.41) is 9.76. The summed E-state index contributed by atoms with van der Waals surface area (Å²) in [6.07, 6.45) is 1.67. The minimum Gasteiger partial charge on any atom is -0.480 e. The van der Waals surface area contributed by atoms with E-state index in [1.807, 2.05) is 24.3 Å². The van der Waals surface area contributed by atoms with Gasteiger partial charge in [0.25, 0.3) is 5.91 Å². The second-order valence-corrected chi connectivity index (χ2v) is 7.32. The van der Waals surface area contributed by atoms with Crippen LogP contribution >= 0.6 is 35.3 Å². The van der Waals surface area contributed by atoms with E-state index in [0.717, 1.165) is 26.9 Å². The number of aliphatic carboxylic acids is 1. The molecule has 1 atom stereocenters. The van der Waals surface area contributed by atoms with Crippen LogP contribution in [0.3, 0.4) is 0 Å². The fourth-order valence-corrected chi connectivity index (χ4v) is 4.37. The summed E-state index contributed by atoms with van der Waals surface area (Å²) in [4.78, 5) is 29.4. The van der Waals surface area contributed by atoms with Crippen LogP contribution in [-0.2, 0) is 9.59 Å². The van der Waals surface area contributed by atoms with E-state index < -0.39 is 12.0 Å². The molecule has 5 nitrogen and oxygen atoms in total. The standard InChI is InChI=1S/C14H10N2O3S3/c1-7(13(18)19)16-12(17)10(22-14(16)20)6-11-15-8-4-2-3-5-9(8)21-11/h2-7H,1H3,(H,18,19)/b10-6-. The van der Waals surface area contributed by atoms with Crippen molar-refractivity contribution in [3.8, 4) is 0 Å². The third-order valence-corrected chi connectivity index (χ3v) is 5.45. The van der Waals surface area contributed by atoms with Crippen LogP contribution in [0.15, 0.2) is 29.2 Å². The molecule has 22 heavy (non-hydrogen) atoms. The maximum Gasteiger partial charge on any atom is 0.326 e. The fourth-order valence-electron chi connectivity index (χ4n) is 1.99. The number of benzene rings is 1. The maximum absolute atomic E-state index is 12.3. The number of carbonyl (C=O) groups is 2. The highest BCUT2D eigenvalue weighted by molar-refractivity contribution is 8.26. The first-order valence-corrected chi connectivity index (χ1v) is 8.37. The van der Waals surface area contributed by atoms with Crippen LogP contribution in [0.2, 0.25) is 0 Å². The molecule has 0 saturated carbocycles. The van der Waals surface area contributed by atoms with Gasteiger partial charge in [-0.05, 0) is 25.1 Å². The van der Waals surface area contributed by atoms with Crippen molar-refractivity contribution in [1.82, 2.24) is 9.88 Å². The van der Waals surface area contributed by atoms with Gasteiger partial charge in [0.15, 0.2) is 0 Å². The number of amides is 1. The third kappa shape index (κ3) is 2.65. The van der Waals surface area contributed by atoms with Gasteiger partial charge in [0.2, 0.25) is 0 Å². The molecule has 1 aromatic carbocycles. The van der Waals surface area contributed by atoms with Gasteiger partial charge in [0.05, 0.1) is 15.1 Å². The lowest BCUT2D eigenvalue weighted by molar-refractivity contribution is -0.144. The van der Waals surface area contributed by atoms with Crippen LogP contribution < -0.4 is 0 Å². The van der Waals surface area contributed by atoms with Gasteiger partial charge in [-0.2, -0.15) is 0 Å². The molecule has 0 spiro atoms. The predicted octanol–water partition coefficient (Wildman–Crippen LogP) is 2.97. The van der Waals surface area contributed by atoms with Crippen molar-refractivity contribution in [3.05, 3.63) is 34.2 Å². The van der Waals surface area contributed by atoms with E-state index in [0.29, 0.717) is 9.91 Å². The normalized spacial score (nSPS) is 18.4. The summed E-state index contributed by atoms with van der Waals surface area (Å²) < 4.78 is 1.29. The highest BCUT2D eigenvalue weighted by Crippen LogP contribution is 2.35. The summed E-state index contributed by atoms with van der Waals surface area (Å²) in [6, 6.07) is 6.72. The number of carboxylic acids is 1. The zero-order valence-corrected chi connectivity index (χ0v) is 13.8. The summed E-state index contributed by atoms with van der Waals surface area (Å²) in [6.45, 7) is 1.44. The van der Waals surface area contributed by atoms with Crippen molar-refractivity contribution in [3.63, 3.8) is 0 Å². The van der Waals surface area contributed by atoms with Crippen LogP contribution in [0.1, 0.15) is 11.9 Å². The Balaban J connectivity index is 1.93. The number of hydrogen-bond donors (Lipinski definition) is 1. The number of aromatic nitrogens is 1. The van der Waals surface area contributed by atoms with E-state index in [2.05, 4.69) is 4.98 Å². The number of fused-ring (bicyclic) bond motifs is 1. The molecule has 1 N–H and O–H groups in total. The number of thiocarbonyl (C=S) groups is 1. The molecule has 3 rings (SSSR count). The van der Waals surface area contributed by atoms with E-state index >= 15 is 0 Å². The molecule has 112 valence electrons. The second-order valence-electron chi connectivity index (χ2n) is 4.59. The molecule has 1 aromatic heterocycles. The first-order chi connectivity index (χ1) is 10.5. The van der Waals surface area contributed by atoms with E-state index in [4.69, 9.17) is 17.3 Å². The van der Waals surface area contributed by atoms with Gasteiger partial charge in [-0.15, -0.1) is 11.3 Å². The summed E-state index contributed by atoms with van der Waals surface area (Å²) in [5.74, 6) is -1.47. The van der Waals surface area contributed by atoms with E-state index in [9.17, 15) is 9.59 Å². The Morgan fingerprint density at radius 1 is 1.45 bits per heavy atom. The lowest BCUT2D eigenvalue weighted by Gasteiger charge is -2.18. The lowest BCUT2D eigenvalue weighted by Crippen LogP contribution is -2.41. The highest BCUT2D eigenvalue weighted by Gasteiger charge is 2.38. The van der Waals surface area contributed by atoms with Crippen molar-refractivity contribution in [2.24, 2.45) is 0 Å². The topological polar surface area (TPSA) is 70.5 Å². The van der Waals surface area contributed by atoms with Crippen LogP contribution in [0.25, 0.3) is 16.3 Å². The van der Waals surface area contributed by atoms with Crippen molar-refractivity contribution in [1.29, 1.82) is 0 Å². The zero-order valence-electron chi connectivity index (χ0n) is 11.3. The molecule has 1 saturated heterocycles. The number of thiazole rings is 1. The highest BCUT2D eigenvalue weighted by atomic mass is 32.2. The van der Waals surface area contributed by atoms with Crippen LogP contribution in [-0.4, -0.2) is 37.2 Å². The van der Waals surface area contributed by atoms with E-state index in [1.54, 1.807) is 6.08 Å². The monoisotopic (exact) mass is 350 g/mol. The van der Waals surface area contributed by atoms with Crippen LogP contribution in [0.5, 0.6) is 0 Å². The molecule has 1 amide bonds. The van der Waals surface area contributed by atoms with Gasteiger partial charge in [0.1, 0.15) is 15.4 Å².